The van der Waals surface area contributed by atoms with E-state index in [-0.39, 0.29) is 15.5 Å². The molecular formula is C11H13N3O4S2. The van der Waals surface area contributed by atoms with E-state index in [9.17, 15) is 13.2 Å². The fourth-order valence-corrected chi connectivity index (χ4v) is 3.87. The molecule has 0 saturated carbocycles. The molecule has 0 spiro atoms. The van der Waals surface area contributed by atoms with Crippen LogP contribution in [-0.2, 0) is 14.8 Å². The molecule has 2 rings (SSSR count). The van der Waals surface area contributed by atoms with E-state index in [1.54, 1.807) is 6.92 Å². The predicted octanol–water partition coefficient (Wildman–Crippen LogP) is 1.68. The number of nitrogens with zero attached hydrogens (tertiary/aromatic N) is 1. The predicted molar refractivity (Wildman–Crippen MR) is 74.5 cm³/mol. The van der Waals surface area contributed by atoms with Crippen LogP contribution < -0.4 is 4.72 Å². The number of hydrogen-bond donors (Lipinski definition) is 2. The highest BCUT2D eigenvalue weighted by Crippen LogP contribution is 2.34. The molecule has 2 heterocycles. The van der Waals surface area contributed by atoms with Crippen LogP contribution in [0.1, 0.15) is 20.8 Å². The minimum Gasteiger partial charge on any atom is -0.465 e. The Kier molecular flexibility index (Phi) is 3.82. The van der Waals surface area contributed by atoms with Gasteiger partial charge in [0.05, 0.1) is 18.9 Å². The number of hydrogen-bond acceptors (Lipinski definition) is 6. The molecule has 0 aliphatic heterocycles. The highest BCUT2D eigenvalue weighted by molar-refractivity contribution is 7.93. The molecule has 0 aromatic carbocycles. The van der Waals surface area contributed by atoms with Gasteiger partial charge in [-0.25, -0.2) is 13.2 Å². The van der Waals surface area contributed by atoms with Crippen LogP contribution in [0, 0.1) is 13.8 Å². The van der Waals surface area contributed by atoms with Crippen molar-refractivity contribution in [1.29, 1.82) is 0 Å². The lowest BCUT2D eigenvalue weighted by Gasteiger charge is -2.06. The number of carbonyl (C=O) groups excluding carboxylic acids is 1. The van der Waals surface area contributed by atoms with Crippen molar-refractivity contribution >= 4 is 32.3 Å². The third-order valence-corrected chi connectivity index (χ3v) is 5.35. The Balaban J connectivity index is 2.45. The van der Waals surface area contributed by atoms with Crippen LogP contribution >= 0.6 is 11.3 Å². The number of nitrogens with one attached hydrogen (secondary N) is 2. The molecule has 9 heteroatoms. The first-order chi connectivity index (χ1) is 9.36. The number of H-pyrrole nitrogens is 1. The van der Waals surface area contributed by atoms with Crippen molar-refractivity contribution in [2.75, 3.05) is 11.8 Å². The summed E-state index contributed by atoms with van der Waals surface area (Å²) in [5.41, 5.74) is 0.939. The molecule has 2 N–H and O–H groups in total. The summed E-state index contributed by atoms with van der Waals surface area (Å²) in [5, 5.41) is 6.27. The molecule has 0 aliphatic carbocycles. The number of sulfonamides is 1. The van der Waals surface area contributed by atoms with Crippen molar-refractivity contribution in [2.24, 2.45) is 0 Å². The van der Waals surface area contributed by atoms with Gasteiger partial charge in [-0.1, -0.05) is 0 Å². The molecule has 20 heavy (non-hydrogen) atoms. The molecule has 0 radical (unpaired) electrons. The molecule has 2 aromatic heterocycles. The van der Waals surface area contributed by atoms with E-state index >= 15 is 0 Å². The maximum absolute atomic E-state index is 12.1. The van der Waals surface area contributed by atoms with E-state index in [2.05, 4.69) is 14.9 Å². The summed E-state index contributed by atoms with van der Waals surface area (Å²) >= 11 is 1.19. The van der Waals surface area contributed by atoms with Crippen LogP contribution in [0.4, 0.5) is 5.00 Å². The maximum Gasteiger partial charge on any atom is 0.341 e. The summed E-state index contributed by atoms with van der Waals surface area (Å²) in [7, 11) is -2.53. The quantitative estimate of drug-likeness (QED) is 0.836. The van der Waals surface area contributed by atoms with Crippen molar-refractivity contribution in [1.82, 2.24) is 10.2 Å². The number of anilines is 1. The van der Waals surface area contributed by atoms with Crippen molar-refractivity contribution < 1.29 is 17.9 Å². The average Bonchev–Trinajstić information content (AvgIpc) is 2.99. The second-order valence-electron chi connectivity index (χ2n) is 4.02. The number of carbonyl (C=O) groups is 1. The fraction of sp³-hybridized carbons (Fsp3) is 0.273. The third kappa shape index (κ3) is 2.54. The molecule has 0 aliphatic rings. The number of methoxy groups -OCH3 is 1. The van der Waals surface area contributed by atoms with Gasteiger partial charge in [0, 0.05) is 11.1 Å². The van der Waals surface area contributed by atoms with Crippen LogP contribution in [0.25, 0.3) is 0 Å². The van der Waals surface area contributed by atoms with Gasteiger partial charge in [0.15, 0.2) is 0 Å². The summed E-state index contributed by atoms with van der Waals surface area (Å²) in [5.74, 6) is -0.572. The number of ether oxygens (including phenoxy) is 1. The van der Waals surface area contributed by atoms with Crippen LogP contribution in [0.2, 0.25) is 0 Å². The maximum atomic E-state index is 12.1. The number of aromatic amines is 1. The molecule has 108 valence electrons. The summed E-state index contributed by atoms with van der Waals surface area (Å²) < 4.78 is 31.3. The molecule has 0 bridgehead atoms. The lowest BCUT2D eigenvalue weighted by Crippen LogP contribution is -2.14. The first-order valence-corrected chi connectivity index (χ1v) is 7.86. The van der Waals surface area contributed by atoms with Crippen molar-refractivity contribution in [2.45, 2.75) is 18.7 Å². The van der Waals surface area contributed by atoms with E-state index in [0.29, 0.717) is 5.56 Å². The van der Waals surface area contributed by atoms with Gasteiger partial charge in [-0.2, -0.15) is 5.10 Å². The Labute approximate surface area is 120 Å². The molecule has 0 fully saturated rings. The Bertz CT molecular complexity index is 732. The SMILES string of the molecule is COC(=O)c1c(NS(=O)(=O)c2cn[nH]c2)sc(C)c1C. The summed E-state index contributed by atoms with van der Waals surface area (Å²) in [6, 6.07) is 0. The van der Waals surface area contributed by atoms with Crippen LogP contribution in [-0.4, -0.2) is 31.7 Å². The zero-order valence-electron chi connectivity index (χ0n) is 11.1. The fourth-order valence-electron chi connectivity index (χ4n) is 1.61. The number of aryl methyl sites for hydroxylation is 1. The van der Waals surface area contributed by atoms with Gasteiger partial charge in [0.2, 0.25) is 0 Å². The van der Waals surface area contributed by atoms with Gasteiger partial charge in [-0.3, -0.25) is 9.82 Å². The average molecular weight is 315 g/mol. The van der Waals surface area contributed by atoms with Gasteiger partial charge >= 0.3 is 5.97 Å². The second kappa shape index (κ2) is 5.25. The molecule has 2 aromatic rings. The monoisotopic (exact) mass is 315 g/mol. The number of thiophene rings is 1. The Hall–Kier alpha value is -1.87. The van der Waals surface area contributed by atoms with Crippen LogP contribution in [0.3, 0.4) is 0 Å². The van der Waals surface area contributed by atoms with Gasteiger partial charge in [0.25, 0.3) is 10.0 Å². The highest BCUT2D eigenvalue weighted by Gasteiger charge is 2.24. The number of esters is 1. The minimum absolute atomic E-state index is 0.00276. The van der Waals surface area contributed by atoms with Crippen LogP contribution in [0.15, 0.2) is 17.3 Å². The van der Waals surface area contributed by atoms with Crippen molar-refractivity contribution in [3.63, 3.8) is 0 Å². The van der Waals surface area contributed by atoms with Gasteiger partial charge in [-0.05, 0) is 19.4 Å². The normalized spacial score (nSPS) is 11.3. The minimum atomic E-state index is -3.78. The summed E-state index contributed by atoms with van der Waals surface area (Å²) in [4.78, 5) is 12.6. The van der Waals surface area contributed by atoms with Gasteiger partial charge in [-0.15, -0.1) is 11.3 Å². The third-order valence-electron chi connectivity index (χ3n) is 2.79. The van der Waals surface area contributed by atoms with E-state index in [1.165, 1.54) is 30.8 Å². The summed E-state index contributed by atoms with van der Waals surface area (Å²) in [6.07, 6.45) is 2.45. The van der Waals surface area contributed by atoms with E-state index in [0.717, 1.165) is 4.88 Å². The Morgan fingerprint density at radius 3 is 2.70 bits per heavy atom. The standard InChI is InChI=1S/C11H13N3O4S2/c1-6-7(2)19-10(9(6)11(15)18-3)14-20(16,17)8-4-12-13-5-8/h4-5,14H,1-3H3,(H,12,13). The summed E-state index contributed by atoms with van der Waals surface area (Å²) in [6.45, 7) is 3.55. The molecule has 0 saturated heterocycles. The molecule has 0 atom stereocenters. The van der Waals surface area contributed by atoms with E-state index in [4.69, 9.17) is 4.74 Å². The molecule has 0 unspecified atom stereocenters. The van der Waals surface area contributed by atoms with E-state index in [1.807, 2.05) is 6.92 Å². The molecule has 0 amide bonds. The highest BCUT2D eigenvalue weighted by atomic mass is 32.2. The zero-order chi connectivity index (χ0) is 14.9. The van der Waals surface area contributed by atoms with Crippen LogP contribution in [0.5, 0.6) is 0 Å². The smallest absolute Gasteiger partial charge is 0.341 e. The first-order valence-electron chi connectivity index (χ1n) is 5.56. The van der Waals surface area contributed by atoms with Crippen molar-refractivity contribution in [3.05, 3.63) is 28.4 Å². The number of rotatable bonds is 4. The Morgan fingerprint density at radius 2 is 2.15 bits per heavy atom. The van der Waals surface area contributed by atoms with E-state index < -0.39 is 16.0 Å². The first kappa shape index (κ1) is 14.5. The van der Waals surface area contributed by atoms with Crippen molar-refractivity contribution in [3.8, 4) is 0 Å². The molecular weight excluding hydrogens is 302 g/mol. The molecule has 7 nitrogen and oxygen atoms in total. The topological polar surface area (TPSA) is 101 Å². The second-order valence-corrected chi connectivity index (χ2v) is 6.93. The Morgan fingerprint density at radius 1 is 1.45 bits per heavy atom. The number of aromatic nitrogens is 2. The lowest BCUT2D eigenvalue weighted by atomic mass is 10.2. The zero-order valence-corrected chi connectivity index (χ0v) is 12.7. The van der Waals surface area contributed by atoms with Gasteiger partial charge in [0.1, 0.15) is 9.90 Å². The lowest BCUT2D eigenvalue weighted by molar-refractivity contribution is 0.0601. The van der Waals surface area contributed by atoms with Gasteiger partial charge < -0.3 is 4.74 Å². The largest absolute Gasteiger partial charge is 0.465 e.